The minimum Gasteiger partial charge on any atom is -0.444 e. The van der Waals surface area contributed by atoms with Crippen LogP contribution in [-0.4, -0.2) is 115 Å². The van der Waals surface area contributed by atoms with Crippen molar-refractivity contribution in [2.45, 2.75) is 70.1 Å². The van der Waals surface area contributed by atoms with Crippen molar-refractivity contribution in [3.63, 3.8) is 0 Å². The highest BCUT2D eigenvalue weighted by atomic mass is 16.6. The number of rotatable bonds is 3. The molecule has 0 spiro atoms. The zero-order chi connectivity index (χ0) is 22.1. The van der Waals surface area contributed by atoms with Crippen molar-refractivity contribution in [1.29, 1.82) is 0 Å². The van der Waals surface area contributed by atoms with Gasteiger partial charge in [0.1, 0.15) is 5.60 Å². The number of nitrogens with one attached hydrogen (secondary N) is 1. The van der Waals surface area contributed by atoms with Gasteiger partial charge in [0.15, 0.2) is 5.96 Å². The average molecular weight is 435 g/mol. The van der Waals surface area contributed by atoms with E-state index in [-0.39, 0.29) is 17.7 Å². The van der Waals surface area contributed by atoms with Crippen LogP contribution < -0.4 is 5.32 Å². The summed E-state index contributed by atoms with van der Waals surface area (Å²) in [6, 6.07) is 0.257. The molecule has 8 nitrogen and oxygen atoms in total. The Kier molecular flexibility index (Phi) is 6.68. The van der Waals surface area contributed by atoms with Crippen LogP contribution in [0.2, 0.25) is 0 Å². The number of fused-ring (bicyclic) bond motifs is 1. The fraction of sp³-hybridized carbons (Fsp3) is 0.913. The van der Waals surface area contributed by atoms with Gasteiger partial charge in [-0.25, -0.2) is 4.79 Å². The minimum absolute atomic E-state index is 0.205. The van der Waals surface area contributed by atoms with Gasteiger partial charge in [0.05, 0.1) is 12.6 Å². The lowest BCUT2D eigenvalue weighted by molar-refractivity contribution is 0.0121. The maximum absolute atomic E-state index is 12.5. The number of hydrogen-bond donors (Lipinski definition) is 1. The Morgan fingerprint density at radius 3 is 2.48 bits per heavy atom. The normalized spacial score (nSPS) is 27.6. The number of likely N-dealkylation sites (tertiary alicyclic amines) is 2. The van der Waals surface area contributed by atoms with E-state index < -0.39 is 5.60 Å². The van der Waals surface area contributed by atoms with Crippen molar-refractivity contribution in [3.05, 3.63) is 0 Å². The van der Waals surface area contributed by atoms with Crippen LogP contribution in [0.4, 0.5) is 4.79 Å². The summed E-state index contributed by atoms with van der Waals surface area (Å²) < 4.78 is 5.57. The van der Waals surface area contributed by atoms with Gasteiger partial charge in [-0.1, -0.05) is 6.42 Å². The molecule has 4 heterocycles. The van der Waals surface area contributed by atoms with Crippen LogP contribution in [0.5, 0.6) is 0 Å². The molecule has 0 bridgehead atoms. The van der Waals surface area contributed by atoms with E-state index in [2.05, 4.69) is 27.1 Å². The summed E-state index contributed by atoms with van der Waals surface area (Å²) in [7, 11) is 2.24. The smallest absolute Gasteiger partial charge is 0.410 e. The predicted octanol–water partition coefficient (Wildman–Crippen LogP) is 1.82. The maximum atomic E-state index is 12.5. The van der Waals surface area contributed by atoms with E-state index in [0.717, 1.165) is 25.6 Å². The number of piperazine rings is 1. The molecule has 0 saturated carbocycles. The van der Waals surface area contributed by atoms with Gasteiger partial charge in [-0.05, 0) is 79.7 Å². The third kappa shape index (κ3) is 5.28. The monoisotopic (exact) mass is 434 g/mol. The van der Waals surface area contributed by atoms with Crippen LogP contribution >= 0.6 is 0 Å². The number of amides is 1. The molecule has 3 saturated heterocycles. The van der Waals surface area contributed by atoms with E-state index in [4.69, 9.17) is 9.73 Å². The molecule has 1 atom stereocenters. The zero-order valence-electron chi connectivity index (χ0n) is 20.0. The summed E-state index contributed by atoms with van der Waals surface area (Å²) in [5.41, 5.74) is -0.212. The lowest BCUT2D eigenvalue weighted by atomic mass is 9.84. The number of carbonyl (C=O) groups excluding carboxylic acids is 1. The summed E-state index contributed by atoms with van der Waals surface area (Å²) in [5.74, 6) is 1.03. The van der Waals surface area contributed by atoms with E-state index in [9.17, 15) is 4.79 Å². The Balaban J connectivity index is 1.34. The van der Waals surface area contributed by atoms with Crippen molar-refractivity contribution in [2.24, 2.45) is 4.99 Å². The molecule has 1 unspecified atom stereocenters. The van der Waals surface area contributed by atoms with Crippen LogP contribution in [0.15, 0.2) is 4.99 Å². The van der Waals surface area contributed by atoms with Crippen LogP contribution in [0, 0.1) is 0 Å². The summed E-state index contributed by atoms with van der Waals surface area (Å²) >= 11 is 0. The zero-order valence-corrected chi connectivity index (χ0v) is 20.0. The Morgan fingerprint density at radius 2 is 1.81 bits per heavy atom. The van der Waals surface area contributed by atoms with Crippen LogP contribution in [0.25, 0.3) is 0 Å². The third-order valence-corrected chi connectivity index (χ3v) is 7.38. The number of carbonyl (C=O) groups is 1. The van der Waals surface area contributed by atoms with E-state index in [0.29, 0.717) is 13.1 Å². The lowest BCUT2D eigenvalue weighted by Crippen LogP contribution is -2.63. The molecule has 31 heavy (non-hydrogen) atoms. The standard InChI is InChI=1S/C23H42N6O2/c1-22(2,3)31-21(30)27-14-15-29-19(17-27)16-24-20(29)25-18-23(8-12-26(4)13-9-23)28-10-6-5-7-11-28/h19H,5-18H2,1-4H3,(H,24,25). The number of nitrogens with zero attached hydrogens (tertiary/aromatic N) is 5. The molecule has 0 radical (unpaired) electrons. The predicted molar refractivity (Wildman–Crippen MR) is 123 cm³/mol. The molecule has 0 aromatic carbocycles. The second-order valence-corrected chi connectivity index (χ2v) is 10.9. The Bertz CT molecular complexity index is 661. The molecule has 4 aliphatic rings. The molecular weight excluding hydrogens is 392 g/mol. The van der Waals surface area contributed by atoms with Gasteiger partial charge in [-0.3, -0.25) is 9.89 Å². The fourth-order valence-electron chi connectivity index (χ4n) is 5.47. The molecule has 176 valence electrons. The first-order valence-electron chi connectivity index (χ1n) is 12.2. The van der Waals surface area contributed by atoms with Gasteiger partial charge in [0.25, 0.3) is 0 Å². The highest BCUT2D eigenvalue weighted by Crippen LogP contribution is 2.31. The van der Waals surface area contributed by atoms with Crippen LogP contribution in [-0.2, 0) is 4.74 Å². The van der Waals surface area contributed by atoms with Crippen molar-refractivity contribution in [2.75, 3.05) is 66.0 Å². The van der Waals surface area contributed by atoms with Crippen molar-refractivity contribution < 1.29 is 9.53 Å². The highest BCUT2D eigenvalue weighted by Gasteiger charge is 2.41. The molecular formula is C23H42N6O2. The lowest BCUT2D eigenvalue weighted by Gasteiger charge is -2.50. The SMILES string of the molecule is CN1CCC(CNC2=NCC3CN(C(=O)OC(C)(C)C)CCN23)(N2CCCCC2)CC1. The molecule has 0 aliphatic carbocycles. The van der Waals surface area contributed by atoms with Crippen LogP contribution in [0.1, 0.15) is 52.9 Å². The topological polar surface area (TPSA) is 63.7 Å². The molecule has 0 aromatic rings. The van der Waals surface area contributed by atoms with Gasteiger partial charge in [-0.15, -0.1) is 0 Å². The molecule has 4 rings (SSSR count). The first kappa shape index (κ1) is 22.6. The first-order valence-corrected chi connectivity index (χ1v) is 12.2. The number of hydrogen-bond acceptors (Lipinski definition) is 7. The van der Waals surface area contributed by atoms with Crippen molar-refractivity contribution in [1.82, 2.24) is 24.9 Å². The van der Waals surface area contributed by atoms with Crippen molar-refractivity contribution >= 4 is 12.1 Å². The van der Waals surface area contributed by atoms with E-state index in [1.165, 1.54) is 58.3 Å². The van der Waals surface area contributed by atoms with Gasteiger partial charge in [-0.2, -0.15) is 0 Å². The molecule has 8 heteroatoms. The quantitative estimate of drug-likeness (QED) is 0.731. The number of ether oxygens (including phenoxy) is 1. The molecule has 1 N–H and O–H groups in total. The fourth-order valence-corrected chi connectivity index (χ4v) is 5.47. The maximum Gasteiger partial charge on any atom is 0.410 e. The Hall–Kier alpha value is -1.54. The summed E-state index contributed by atoms with van der Waals surface area (Å²) in [4.78, 5) is 26.8. The number of piperidine rings is 2. The molecule has 1 amide bonds. The second-order valence-electron chi connectivity index (χ2n) is 10.9. The Labute approximate surface area is 188 Å². The second kappa shape index (κ2) is 9.14. The first-order chi connectivity index (χ1) is 14.8. The Morgan fingerprint density at radius 1 is 1.10 bits per heavy atom. The van der Waals surface area contributed by atoms with E-state index in [1.807, 2.05) is 25.7 Å². The average Bonchev–Trinajstić information content (AvgIpc) is 3.15. The molecule has 0 aromatic heterocycles. The molecule has 4 aliphatic heterocycles. The summed E-state index contributed by atoms with van der Waals surface area (Å²) in [5, 5.41) is 3.77. The van der Waals surface area contributed by atoms with Gasteiger partial charge in [0.2, 0.25) is 0 Å². The van der Waals surface area contributed by atoms with E-state index >= 15 is 0 Å². The summed E-state index contributed by atoms with van der Waals surface area (Å²) in [6.07, 6.45) is 6.26. The largest absolute Gasteiger partial charge is 0.444 e. The van der Waals surface area contributed by atoms with Gasteiger partial charge < -0.3 is 24.8 Å². The number of guanidine groups is 1. The highest BCUT2D eigenvalue weighted by molar-refractivity contribution is 5.82. The van der Waals surface area contributed by atoms with Crippen LogP contribution in [0.3, 0.4) is 0 Å². The minimum atomic E-state index is -0.454. The van der Waals surface area contributed by atoms with Gasteiger partial charge in [0, 0.05) is 31.7 Å². The number of aliphatic imine (C=N–C) groups is 1. The van der Waals surface area contributed by atoms with E-state index in [1.54, 1.807) is 0 Å². The summed E-state index contributed by atoms with van der Waals surface area (Å²) in [6.45, 7) is 14.5. The third-order valence-electron chi connectivity index (χ3n) is 7.38. The van der Waals surface area contributed by atoms with Gasteiger partial charge >= 0.3 is 6.09 Å². The van der Waals surface area contributed by atoms with Crippen molar-refractivity contribution in [3.8, 4) is 0 Å². The molecule has 3 fully saturated rings.